The average molecular weight is 457 g/mol. The largest absolute Gasteiger partial charge is 0.461 e. The van der Waals surface area contributed by atoms with Crippen molar-refractivity contribution in [2.75, 3.05) is 0 Å². The van der Waals surface area contributed by atoms with E-state index in [1.807, 2.05) is 88.4 Å². The van der Waals surface area contributed by atoms with Crippen LogP contribution in [0.1, 0.15) is 38.8 Å². The van der Waals surface area contributed by atoms with E-state index in [2.05, 4.69) is 24.3 Å². The molecule has 0 amide bonds. The second kappa shape index (κ2) is 12.0. The van der Waals surface area contributed by atoms with Crippen LogP contribution in [0.2, 0.25) is 0 Å². The van der Waals surface area contributed by atoms with Gasteiger partial charge in [0.25, 0.3) is 0 Å². The standard InChI is InChI=1S/2C15H16O2/c2*1-11(2)15(16)17-10-13-8-5-7-12-6-3-4-9-14(12)13/h2*3-9,11H,10H2,1-2H3. The molecule has 34 heavy (non-hydrogen) atoms. The zero-order chi connectivity index (χ0) is 24.5. The number of esters is 2. The van der Waals surface area contributed by atoms with Gasteiger partial charge in [-0.1, -0.05) is 113 Å². The Bertz CT molecular complexity index is 1150. The molecule has 0 saturated heterocycles. The van der Waals surface area contributed by atoms with Crippen molar-refractivity contribution < 1.29 is 19.1 Å². The lowest BCUT2D eigenvalue weighted by molar-refractivity contribution is -0.149. The predicted octanol–water partition coefficient (Wildman–Crippen LogP) is 7.08. The third-order valence-corrected chi connectivity index (χ3v) is 5.44. The van der Waals surface area contributed by atoms with Crippen LogP contribution in [0.3, 0.4) is 0 Å². The van der Waals surface area contributed by atoms with Crippen LogP contribution in [0.5, 0.6) is 0 Å². The predicted molar refractivity (Wildman–Crippen MR) is 137 cm³/mol. The number of carbonyl (C=O) groups is 2. The third-order valence-electron chi connectivity index (χ3n) is 5.44. The minimum atomic E-state index is -0.155. The lowest BCUT2D eigenvalue weighted by atomic mass is 10.1. The zero-order valence-corrected chi connectivity index (χ0v) is 20.3. The second-order valence-corrected chi connectivity index (χ2v) is 8.80. The molecular formula is C30H32O4. The summed E-state index contributed by atoms with van der Waals surface area (Å²) in [7, 11) is 0. The minimum Gasteiger partial charge on any atom is -0.461 e. The topological polar surface area (TPSA) is 52.6 Å². The first-order valence-corrected chi connectivity index (χ1v) is 11.6. The molecule has 0 spiro atoms. The van der Waals surface area contributed by atoms with Crippen LogP contribution in [0, 0.1) is 11.8 Å². The Morgan fingerprint density at radius 2 is 0.912 bits per heavy atom. The molecule has 0 atom stereocenters. The molecule has 4 heteroatoms. The smallest absolute Gasteiger partial charge is 0.308 e. The van der Waals surface area contributed by atoms with Gasteiger partial charge in [-0.25, -0.2) is 0 Å². The van der Waals surface area contributed by atoms with Gasteiger partial charge in [0.2, 0.25) is 0 Å². The highest BCUT2D eigenvalue weighted by molar-refractivity contribution is 5.86. The van der Waals surface area contributed by atoms with Crippen LogP contribution in [-0.4, -0.2) is 11.9 Å². The van der Waals surface area contributed by atoms with E-state index in [0.29, 0.717) is 13.2 Å². The quantitative estimate of drug-likeness (QED) is 0.291. The summed E-state index contributed by atoms with van der Waals surface area (Å²) in [6, 6.07) is 28.3. The maximum Gasteiger partial charge on any atom is 0.308 e. The molecule has 0 fully saturated rings. The van der Waals surface area contributed by atoms with Crippen LogP contribution < -0.4 is 0 Å². The fourth-order valence-corrected chi connectivity index (χ4v) is 3.47. The Balaban J connectivity index is 0.000000191. The van der Waals surface area contributed by atoms with E-state index in [1.54, 1.807) is 0 Å². The lowest BCUT2D eigenvalue weighted by Gasteiger charge is -2.09. The van der Waals surface area contributed by atoms with Gasteiger partial charge < -0.3 is 9.47 Å². The van der Waals surface area contributed by atoms with Gasteiger partial charge in [-0.3, -0.25) is 9.59 Å². The van der Waals surface area contributed by atoms with Crippen molar-refractivity contribution in [2.45, 2.75) is 40.9 Å². The molecule has 4 rings (SSSR count). The molecule has 0 saturated carbocycles. The summed E-state index contributed by atoms with van der Waals surface area (Å²) in [5.74, 6) is -0.467. The first kappa shape index (κ1) is 25.0. The number of hydrogen-bond donors (Lipinski definition) is 0. The molecule has 0 unspecified atom stereocenters. The van der Waals surface area contributed by atoms with Crippen molar-refractivity contribution in [2.24, 2.45) is 11.8 Å². The average Bonchev–Trinajstić information content (AvgIpc) is 2.86. The summed E-state index contributed by atoms with van der Waals surface area (Å²) >= 11 is 0. The molecule has 0 aliphatic rings. The Hall–Kier alpha value is -3.66. The van der Waals surface area contributed by atoms with E-state index < -0.39 is 0 Å². The highest BCUT2D eigenvalue weighted by Gasteiger charge is 2.10. The van der Waals surface area contributed by atoms with E-state index in [1.165, 1.54) is 10.8 Å². The third kappa shape index (κ3) is 6.67. The number of fused-ring (bicyclic) bond motifs is 2. The number of rotatable bonds is 6. The van der Waals surface area contributed by atoms with Gasteiger partial charge >= 0.3 is 11.9 Å². The molecule has 176 valence electrons. The van der Waals surface area contributed by atoms with E-state index in [4.69, 9.17) is 9.47 Å². The molecular weight excluding hydrogens is 424 g/mol. The monoisotopic (exact) mass is 456 g/mol. The zero-order valence-electron chi connectivity index (χ0n) is 20.3. The van der Waals surface area contributed by atoms with Crippen LogP contribution in [0.15, 0.2) is 84.9 Å². The summed E-state index contributed by atoms with van der Waals surface area (Å²) in [4.78, 5) is 22.9. The molecule has 4 aromatic rings. The maximum absolute atomic E-state index is 11.4. The molecule has 4 nitrogen and oxygen atoms in total. The number of carbonyl (C=O) groups excluding carboxylic acids is 2. The fraction of sp³-hybridized carbons (Fsp3) is 0.267. The Labute approximate surface area is 201 Å². The molecule has 0 heterocycles. The summed E-state index contributed by atoms with van der Waals surface area (Å²) in [5, 5.41) is 4.63. The second-order valence-electron chi connectivity index (χ2n) is 8.80. The van der Waals surface area contributed by atoms with E-state index in [0.717, 1.165) is 21.9 Å². The van der Waals surface area contributed by atoms with E-state index >= 15 is 0 Å². The minimum absolute atomic E-state index is 0.0787. The molecule has 0 radical (unpaired) electrons. The number of ether oxygens (including phenoxy) is 2. The first-order valence-electron chi connectivity index (χ1n) is 11.6. The maximum atomic E-state index is 11.4. The fourth-order valence-electron chi connectivity index (χ4n) is 3.47. The van der Waals surface area contributed by atoms with Gasteiger partial charge in [0.05, 0.1) is 11.8 Å². The van der Waals surface area contributed by atoms with Crippen molar-refractivity contribution in [1.29, 1.82) is 0 Å². The van der Waals surface area contributed by atoms with Gasteiger partial charge in [0.1, 0.15) is 13.2 Å². The summed E-state index contributed by atoms with van der Waals surface area (Å²) in [6.45, 7) is 8.05. The van der Waals surface area contributed by atoms with Crippen molar-refractivity contribution in [3.05, 3.63) is 96.1 Å². The molecule has 0 bridgehead atoms. The van der Waals surface area contributed by atoms with Gasteiger partial charge in [-0.15, -0.1) is 0 Å². The number of benzene rings is 4. The van der Waals surface area contributed by atoms with Gasteiger partial charge in [-0.05, 0) is 32.7 Å². The lowest BCUT2D eigenvalue weighted by Crippen LogP contribution is -2.11. The van der Waals surface area contributed by atoms with Gasteiger partial charge in [0, 0.05) is 0 Å². The normalized spacial score (nSPS) is 10.8. The van der Waals surface area contributed by atoms with Crippen LogP contribution in [0.25, 0.3) is 21.5 Å². The van der Waals surface area contributed by atoms with Crippen molar-refractivity contribution in [3.8, 4) is 0 Å². The molecule has 0 aliphatic heterocycles. The van der Waals surface area contributed by atoms with Crippen LogP contribution in [-0.2, 0) is 32.3 Å². The van der Waals surface area contributed by atoms with Crippen LogP contribution >= 0.6 is 0 Å². The van der Waals surface area contributed by atoms with E-state index in [-0.39, 0.29) is 23.8 Å². The Morgan fingerprint density at radius 3 is 1.29 bits per heavy atom. The van der Waals surface area contributed by atoms with Crippen LogP contribution in [0.4, 0.5) is 0 Å². The molecule has 0 aliphatic carbocycles. The number of hydrogen-bond acceptors (Lipinski definition) is 4. The summed E-state index contributed by atoms with van der Waals surface area (Å²) in [6.07, 6.45) is 0. The van der Waals surface area contributed by atoms with Gasteiger partial charge in [0.15, 0.2) is 0 Å². The molecule has 0 aromatic heterocycles. The highest BCUT2D eigenvalue weighted by Crippen LogP contribution is 2.20. The SMILES string of the molecule is CC(C)C(=O)OCc1cccc2ccccc12.CC(C)C(=O)OCc1cccc2ccccc12. The molecule has 4 aromatic carbocycles. The van der Waals surface area contributed by atoms with Gasteiger partial charge in [-0.2, -0.15) is 0 Å². The van der Waals surface area contributed by atoms with Crippen molar-refractivity contribution in [1.82, 2.24) is 0 Å². The molecule has 0 N–H and O–H groups in total. The van der Waals surface area contributed by atoms with Crippen molar-refractivity contribution >= 4 is 33.5 Å². The van der Waals surface area contributed by atoms with Crippen molar-refractivity contribution in [3.63, 3.8) is 0 Å². The Morgan fingerprint density at radius 1 is 0.559 bits per heavy atom. The highest BCUT2D eigenvalue weighted by atomic mass is 16.5. The first-order chi connectivity index (χ1) is 16.4. The Kier molecular flexibility index (Phi) is 8.80. The van der Waals surface area contributed by atoms with E-state index in [9.17, 15) is 9.59 Å². The summed E-state index contributed by atoms with van der Waals surface area (Å²) in [5.41, 5.74) is 2.11. The summed E-state index contributed by atoms with van der Waals surface area (Å²) < 4.78 is 10.5.